The summed E-state index contributed by atoms with van der Waals surface area (Å²) in [6, 6.07) is 10.3. The SMILES string of the molecule is CCc1ncc(C(=O)N2CCC(C(O)CCc3ccccc3)CC2)cn1. The molecule has 0 radical (unpaired) electrons. The Bertz CT molecular complexity index is 695. The number of aliphatic hydroxyl groups excluding tert-OH is 1. The highest BCUT2D eigenvalue weighted by atomic mass is 16.3. The maximum atomic E-state index is 12.6. The van der Waals surface area contributed by atoms with E-state index in [1.807, 2.05) is 30.0 Å². The van der Waals surface area contributed by atoms with E-state index in [4.69, 9.17) is 0 Å². The van der Waals surface area contributed by atoms with Crippen LogP contribution in [0.15, 0.2) is 42.7 Å². The zero-order valence-electron chi connectivity index (χ0n) is 15.3. The van der Waals surface area contributed by atoms with Crippen molar-refractivity contribution >= 4 is 5.91 Å². The van der Waals surface area contributed by atoms with Gasteiger partial charge in [0.05, 0.1) is 11.7 Å². The van der Waals surface area contributed by atoms with Crippen LogP contribution >= 0.6 is 0 Å². The van der Waals surface area contributed by atoms with Crippen LogP contribution in [-0.2, 0) is 12.8 Å². The first-order valence-electron chi connectivity index (χ1n) is 9.49. The minimum Gasteiger partial charge on any atom is -0.393 e. The average molecular weight is 353 g/mol. The molecule has 0 saturated carbocycles. The number of benzene rings is 1. The first-order valence-corrected chi connectivity index (χ1v) is 9.49. The van der Waals surface area contributed by atoms with Gasteiger partial charge in [0.1, 0.15) is 5.82 Å². The van der Waals surface area contributed by atoms with Crippen LogP contribution in [0.2, 0.25) is 0 Å². The first-order chi connectivity index (χ1) is 12.7. The molecular formula is C21H27N3O2. The molecule has 1 aromatic carbocycles. The number of aromatic nitrogens is 2. The van der Waals surface area contributed by atoms with Crippen molar-refractivity contribution < 1.29 is 9.90 Å². The van der Waals surface area contributed by atoms with Gasteiger partial charge in [-0.1, -0.05) is 37.3 Å². The number of carbonyl (C=O) groups is 1. The largest absolute Gasteiger partial charge is 0.393 e. The van der Waals surface area contributed by atoms with E-state index in [0.29, 0.717) is 18.7 Å². The Morgan fingerprint density at radius 3 is 2.46 bits per heavy atom. The quantitative estimate of drug-likeness (QED) is 0.867. The molecule has 1 aliphatic rings. The summed E-state index contributed by atoms with van der Waals surface area (Å²) in [6.07, 6.45) is 7.05. The van der Waals surface area contributed by atoms with Crippen molar-refractivity contribution in [2.45, 2.75) is 45.1 Å². The highest BCUT2D eigenvalue weighted by Gasteiger charge is 2.28. The van der Waals surface area contributed by atoms with Gasteiger partial charge in [-0.15, -0.1) is 0 Å². The molecule has 0 spiro atoms. The molecule has 2 heterocycles. The molecule has 1 aromatic heterocycles. The summed E-state index contributed by atoms with van der Waals surface area (Å²) in [5.41, 5.74) is 1.81. The number of nitrogens with zero attached hydrogens (tertiary/aromatic N) is 3. The van der Waals surface area contributed by atoms with Crippen LogP contribution < -0.4 is 0 Å². The molecule has 0 bridgehead atoms. The second kappa shape index (κ2) is 8.90. The smallest absolute Gasteiger partial charge is 0.256 e. The Morgan fingerprint density at radius 1 is 1.19 bits per heavy atom. The molecule has 1 atom stereocenters. The van der Waals surface area contributed by atoms with E-state index in [-0.39, 0.29) is 17.9 Å². The van der Waals surface area contributed by atoms with Crippen LogP contribution in [0.5, 0.6) is 0 Å². The predicted molar refractivity (Wildman–Crippen MR) is 101 cm³/mol. The van der Waals surface area contributed by atoms with Crippen LogP contribution in [-0.4, -0.2) is 45.1 Å². The summed E-state index contributed by atoms with van der Waals surface area (Å²) in [5, 5.41) is 10.5. The van der Waals surface area contributed by atoms with Gasteiger partial charge in [-0.25, -0.2) is 9.97 Å². The lowest BCUT2D eigenvalue weighted by molar-refractivity contribution is 0.0436. The highest BCUT2D eigenvalue weighted by molar-refractivity contribution is 5.93. The van der Waals surface area contributed by atoms with Crippen LogP contribution in [0.1, 0.15) is 47.9 Å². The monoisotopic (exact) mass is 353 g/mol. The fourth-order valence-electron chi connectivity index (χ4n) is 3.51. The second-order valence-electron chi connectivity index (χ2n) is 6.96. The molecule has 1 amide bonds. The standard InChI is InChI=1S/C21H27N3O2/c1-2-20-22-14-18(15-23-20)21(26)24-12-10-17(11-13-24)19(25)9-8-16-6-4-3-5-7-16/h3-7,14-15,17,19,25H,2,8-13H2,1H3. The number of hydrogen-bond donors (Lipinski definition) is 1. The zero-order valence-corrected chi connectivity index (χ0v) is 15.3. The molecule has 1 fully saturated rings. The molecular weight excluding hydrogens is 326 g/mol. The number of amides is 1. The fraction of sp³-hybridized carbons (Fsp3) is 0.476. The highest BCUT2D eigenvalue weighted by Crippen LogP contribution is 2.24. The van der Waals surface area contributed by atoms with Crippen LogP contribution in [0.4, 0.5) is 0 Å². The van der Waals surface area contributed by atoms with Crippen molar-refractivity contribution in [1.29, 1.82) is 0 Å². The number of rotatable bonds is 6. The van der Waals surface area contributed by atoms with Gasteiger partial charge in [0.25, 0.3) is 5.91 Å². The van der Waals surface area contributed by atoms with Gasteiger partial charge in [-0.3, -0.25) is 4.79 Å². The topological polar surface area (TPSA) is 66.3 Å². The summed E-state index contributed by atoms with van der Waals surface area (Å²) in [7, 11) is 0. The van der Waals surface area contributed by atoms with Crippen molar-refractivity contribution in [3.63, 3.8) is 0 Å². The van der Waals surface area contributed by atoms with Gasteiger partial charge in [-0.05, 0) is 37.2 Å². The third kappa shape index (κ3) is 4.67. The van der Waals surface area contributed by atoms with Gasteiger partial charge in [0.15, 0.2) is 0 Å². The molecule has 0 aliphatic carbocycles. The van der Waals surface area contributed by atoms with Gasteiger partial charge >= 0.3 is 0 Å². The molecule has 5 heteroatoms. The number of aryl methyl sites for hydroxylation is 2. The first kappa shape index (κ1) is 18.5. The van der Waals surface area contributed by atoms with E-state index in [1.54, 1.807) is 12.4 Å². The molecule has 138 valence electrons. The Kier molecular flexibility index (Phi) is 6.34. The van der Waals surface area contributed by atoms with E-state index >= 15 is 0 Å². The van der Waals surface area contributed by atoms with Crippen molar-refractivity contribution in [2.24, 2.45) is 5.92 Å². The van der Waals surface area contributed by atoms with E-state index in [2.05, 4.69) is 22.1 Å². The van der Waals surface area contributed by atoms with E-state index in [0.717, 1.165) is 37.9 Å². The second-order valence-corrected chi connectivity index (χ2v) is 6.96. The molecule has 5 nitrogen and oxygen atoms in total. The third-order valence-corrected chi connectivity index (χ3v) is 5.21. The Balaban J connectivity index is 1.47. The minimum absolute atomic E-state index is 0.00937. The number of likely N-dealkylation sites (tertiary alicyclic amines) is 1. The van der Waals surface area contributed by atoms with Gasteiger partial charge in [-0.2, -0.15) is 0 Å². The van der Waals surface area contributed by atoms with Crippen molar-refractivity contribution in [3.05, 3.63) is 59.7 Å². The lowest BCUT2D eigenvalue weighted by Gasteiger charge is -2.34. The average Bonchev–Trinajstić information content (AvgIpc) is 2.72. The van der Waals surface area contributed by atoms with E-state index in [9.17, 15) is 9.90 Å². The number of piperidine rings is 1. The molecule has 3 rings (SSSR count). The van der Waals surface area contributed by atoms with Crippen LogP contribution in [0.3, 0.4) is 0 Å². The summed E-state index contributed by atoms with van der Waals surface area (Å²) < 4.78 is 0. The van der Waals surface area contributed by atoms with Crippen molar-refractivity contribution in [3.8, 4) is 0 Å². The van der Waals surface area contributed by atoms with Crippen LogP contribution in [0, 0.1) is 5.92 Å². The van der Waals surface area contributed by atoms with Crippen molar-refractivity contribution in [1.82, 2.24) is 14.9 Å². The molecule has 2 aromatic rings. The van der Waals surface area contributed by atoms with Crippen LogP contribution in [0.25, 0.3) is 0 Å². The summed E-state index contributed by atoms with van der Waals surface area (Å²) in [5.74, 6) is 1.01. The lowest BCUT2D eigenvalue weighted by Crippen LogP contribution is -2.41. The number of aliphatic hydroxyl groups is 1. The van der Waals surface area contributed by atoms with E-state index in [1.165, 1.54) is 5.56 Å². The predicted octanol–water partition coefficient (Wildman–Crippen LogP) is 2.88. The third-order valence-electron chi connectivity index (χ3n) is 5.21. The Morgan fingerprint density at radius 2 is 1.85 bits per heavy atom. The fourth-order valence-corrected chi connectivity index (χ4v) is 3.51. The molecule has 1 N–H and O–H groups in total. The maximum absolute atomic E-state index is 12.6. The lowest BCUT2D eigenvalue weighted by atomic mass is 9.88. The zero-order chi connectivity index (χ0) is 18.4. The summed E-state index contributed by atoms with van der Waals surface area (Å²) in [4.78, 5) is 22.8. The minimum atomic E-state index is -0.306. The van der Waals surface area contributed by atoms with Gasteiger partial charge in [0.2, 0.25) is 0 Å². The van der Waals surface area contributed by atoms with Crippen molar-refractivity contribution in [2.75, 3.05) is 13.1 Å². The maximum Gasteiger partial charge on any atom is 0.256 e. The number of carbonyl (C=O) groups excluding carboxylic acids is 1. The summed E-state index contributed by atoms with van der Waals surface area (Å²) >= 11 is 0. The van der Waals surface area contributed by atoms with E-state index < -0.39 is 0 Å². The molecule has 1 unspecified atom stereocenters. The summed E-state index contributed by atoms with van der Waals surface area (Å²) in [6.45, 7) is 3.35. The molecule has 26 heavy (non-hydrogen) atoms. The molecule has 1 saturated heterocycles. The van der Waals surface area contributed by atoms with Gasteiger partial charge < -0.3 is 10.0 Å². The molecule has 1 aliphatic heterocycles. The Hall–Kier alpha value is -2.27. The van der Waals surface area contributed by atoms with Gasteiger partial charge in [0, 0.05) is 31.9 Å². The number of hydrogen-bond acceptors (Lipinski definition) is 4. The normalized spacial score (nSPS) is 16.5. The Labute approximate surface area is 155 Å².